The van der Waals surface area contributed by atoms with Crippen molar-refractivity contribution in [2.24, 2.45) is 0 Å². The van der Waals surface area contributed by atoms with E-state index in [2.05, 4.69) is 25.6 Å². The Labute approximate surface area is 128 Å². The number of nitrogens with one attached hydrogen (secondary N) is 2. The number of benzene rings is 2. The van der Waals surface area contributed by atoms with Crippen molar-refractivity contribution >= 4 is 42.7 Å². The Hall–Kier alpha value is -2.06. The van der Waals surface area contributed by atoms with Gasteiger partial charge in [0.2, 0.25) is 0 Å². The molecule has 0 unspecified atom stereocenters. The smallest absolute Gasteiger partial charge is 0.406 e. The first-order chi connectivity index (χ1) is 9.95. The molecule has 1 aromatic heterocycles. The van der Waals surface area contributed by atoms with Crippen LogP contribution in [0, 0.1) is 0 Å². The largest absolute Gasteiger partial charge is 0.417 e. The molecule has 0 aliphatic rings. The van der Waals surface area contributed by atoms with Gasteiger partial charge < -0.3 is 4.42 Å². The van der Waals surface area contributed by atoms with E-state index < -0.39 is 15.8 Å². The van der Waals surface area contributed by atoms with Crippen molar-refractivity contribution in [3.05, 3.63) is 57.5 Å². The molecule has 0 radical (unpaired) electrons. The summed E-state index contributed by atoms with van der Waals surface area (Å²) in [7, 11) is -3.76. The Morgan fingerprint density at radius 1 is 1.10 bits per heavy atom. The zero-order valence-corrected chi connectivity index (χ0v) is 12.9. The minimum atomic E-state index is -3.76. The summed E-state index contributed by atoms with van der Waals surface area (Å²) in [6.07, 6.45) is 0. The van der Waals surface area contributed by atoms with Crippen LogP contribution in [0.4, 0.5) is 5.69 Å². The highest BCUT2D eigenvalue weighted by Gasteiger charge is 2.17. The van der Waals surface area contributed by atoms with Crippen molar-refractivity contribution < 1.29 is 12.8 Å². The molecule has 0 aliphatic heterocycles. The number of para-hydroxylation sites is 1. The molecule has 0 amide bonds. The van der Waals surface area contributed by atoms with Crippen molar-refractivity contribution in [3.63, 3.8) is 0 Å². The normalized spacial score (nSPS) is 11.7. The Kier molecular flexibility index (Phi) is 3.34. The first-order valence-electron chi connectivity index (χ1n) is 5.86. The first kappa shape index (κ1) is 13.9. The van der Waals surface area contributed by atoms with E-state index in [0.717, 1.165) is 4.47 Å². The molecule has 21 heavy (non-hydrogen) atoms. The number of H-pyrrole nitrogens is 1. The molecule has 1 heterocycles. The zero-order valence-electron chi connectivity index (χ0n) is 10.5. The lowest BCUT2D eigenvalue weighted by atomic mass is 10.3. The molecule has 6 nitrogen and oxygen atoms in total. The summed E-state index contributed by atoms with van der Waals surface area (Å²) in [5.41, 5.74) is 0.799. The van der Waals surface area contributed by atoms with E-state index in [9.17, 15) is 13.2 Å². The summed E-state index contributed by atoms with van der Waals surface area (Å²) >= 11 is 3.25. The van der Waals surface area contributed by atoms with Crippen LogP contribution in [0.2, 0.25) is 0 Å². The molecule has 0 spiro atoms. The summed E-state index contributed by atoms with van der Waals surface area (Å²) in [6, 6.07) is 11.0. The third-order valence-corrected chi connectivity index (χ3v) is 4.72. The highest BCUT2D eigenvalue weighted by Crippen LogP contribution is 2.24. The quantitative estimate of drug-likeness (QED) is 0.743. The lowest BCUT2D eigenvalue weighted by Crippen LogP contribution is -2.12. The average molecular weight is 369 g/mol. The van der Waals surface area contributed by atoms with Crippen molar-refractivity contribution in [1.29, 1.82) is 0 Å². The zero-order chi connectivity index (χ0) is 15.0. The van der Waals surface area contributed by atoms with E-state index >= 15 is 0 Å². The van der Waals surface area contributed by atoms with Crippen LogP contribution in [0.25, 0.3) is 11.1 Å². The summed E-state index contributed by atoms with van der Waals surface area (Å²) < 4.78 is 32.8. The molecule has 8 heteroatoms. The number of fused-ring (bicyclic) bond motifs is 1. The van der Waals surface area contributed by atoms with Crippen LogP contribution >= 0.6 is 15.9 Å². The molecular weight excluding hydrogens is 360 g/mol. The summed E-state index contributed by atoms with van der Waals surface area (Å²) in [6.45, 7) is 0. The third-order valence-electron chi connectivity index (χ3n) is 2.81. The number of hydrogen-bond donors (Lipinski definition) is 2. The number of anilines is 1. The first-order valence-corrected chi connectivity index (χ1v) is 8.13. The summed E-state index contributed by atoms with van der Waals surface area (Å²) in [4.78, 5) is 13.8. The van der Waals surface area contributed by atoms with Crippen LogP contribution in [-0.4, -0.2) is 13.4 Å². The summed E-state index contributed by atoms with van der Waals surface area (Å²) in [5.74, 6) is -0.639. The van der Waals surface area contributed by atoms with Crippen LogP contribution in [0.1, 0.15) is 0 Å². The standard InChI is InChI=1S/C13H9BrN2O4S/c14-8-4-6-9(7-5-8)21(18,19)16-11-3-1-2-10-12(11)20-13(17)15-10/h1-7,16H,(H,15,17). The predicted octanol–water partition coefficient (Wildman–Crippen LogP) is 2.68. The fourth-order valence-corrected chi connectivity index (χ4v) is 3.20. The molecule has 2 N–H and O–H groups in total. The average Bonchev–Trinajstić information content (AvgIpc) is 2.80. The molecule has 0 aliphatic carbocycles. The second-order valence-corrected chi connectivity index (χ2v) is 6.85. The second-order valence-electron chi connectivity index (χ2n) is 4.26. The van der Waals surface area contributed by atoms with Gasteiger partial charge in [-0.05, 0) is 36.4 Å². The lowest BCUT2D eigenvalue weighted by Gasteiger charge is -2.08. The molecule has 2 aromatic carbocycles. The molecule has 3 rings (SSSR count). The van der Waals surface area contributed by atoms with Crippen LogP contribution in [-0.2, 0) is 10.0 Å². The van der Waals surface area contributed by atoms with Gasteiger partial charge in [-0.3, -0.25) is 9.71 Å². The molecule has 0 saturated heterocycles. The van der Waals surface area contributed by atoms with E-state index in [1.54, 1.807) is 24.3 Å². The fraction of sp³-hybridized carbons (Fsp3) is 0. The molecule has 0 fully saturated rings. The second kappa shape index (κ2) is 5.05. The van der Waals surface area contributed by atoms with Crippen molar-refractivity contribution in [1.82, 2.24) is 4.98 Å². The van der Waals surface area contributed by atoms with Gasteiger partial charge in [0.05, 0.1) is 16.1 Å². The minimum Gasteiger partial charge on any atom is -0.406 e. The van der Waals surface area contributed by atoms with Gasteiger partial charge in [-0.15, -0.1) is 0 Å². The molecule has 0 atom stereocenters. The number of halogens is 1. The highest BCUT2D eigenvalue weighted by molar-refractivity contribution is 9.10. The van der Waals surface area contributed by atoms with E-state index in [0.29, 0.717) is 5.52 Å². The van der Waals surface area contributed by atoms with E-state index in [4.69, 9.17) is 4.42 Å². The fourth-order valence-electron chi connectivity index (χ4n) is 1.87. The van der Waals surface area contributed by atoms with Gasteiger partial charge in [-0.1, -0.05) is 22.0 Å². The summed E-state index contributed by atoms with van der Waals surface area (Å²) in [5, 5.41) is 0. The van der Waals surface area contributed by atoms with Crippen molar-refractivity contribution in [2.45, 2.75) is 4.90 Å². The predicted molar refractivity (Wildman–Crippen MR) is 81.8 cm³/mol. The van der Waals surface area contributed by atoms with Gasteiger partial charge in [0, 0.05) is 4.47 Å². The number of oxazole rings is 1. The molecular formula is C13H9BrN2O4S. The lowest BCUT2D eigenvalue weighted by molar-refractivity contribution is 0.556. The topological polar surface area (TPSA) is 92.2 Å². The van der Waals surface area contributed by atoms with Crippen molar-refractivity contribution in [3.8, 4) is 0 Å². The van der Waals surface area contributed by atoms with Crippen LogP contribution in [0.15, 0.2) is 61.0 Å². The van der Waals surface area contributed by atoms with Crippen LogP contribution < -0.4 is 10.5 Å². The highest BCUT2D eigenvalue weighted by atomic mass is 79.9. The van der Waals surface area contributed by atoms with E-state index in [-0.39, 0.29) is 16.2 Å². The maximum atomic E-state index is 12.3. The third kappa shape index (κ3) is 2.72. The Morgan fingerprint density at radius 2 is 1.81 bits per heavy atom. The molecule has 108 valence electrons. The Balaban J connectivity index is 2.05. The van der Waals surface area contributed by atoms with E-state index in [1.807, 2.05) is 0 Å². The van der Waals surface area contributed by atoms with Gasteiger partial charge in [-0.2, -0.15) is 0 Å². The van der Waals surface area contributed by atoms with Crippen LogP contribution in [0.3, 0.4) is 0 Å². The number of sulfonamides is 1. The molecule has 0 bridgehead atoms. The maximum absolute atomic E-state index is 12.3. The van der Waals surface area contributed by atoms with Crippen molar-refractivity contribution in [2.75, 3.05) is 4.72 Å². The van der Waals surface area contributed by atoms with Gasteiger partial charge in [0.15, 0.2) is 5.58 Å². The number of hydrogen-bond acceptors (Lipinski definition) is 4. The molecule has 3 aromatic rings. The minimum absolute atomic E-state index is 0.112. The van der Waals surface area contributed by atoms with E-state index in [1.165, 1.54) is 18.2 Å². The molecule has 0 saturated carbocycles. The number of aromatic amines is 1. The van der Waals surface area contributed by atoms with Gasteiger partial charge in [0.1, 0.15) is 0 Å². The van der Waals surface area contributed by atoms with Gasteiger partial charge >= 0.3 is 5.76 Å². The number of aromatic nitrogens is 1. The van der Waals surface area contributed by atoms with Gasteiger partial charge in [-0.25, -0.2) is 13.2 Å². The Bertz CT molecular complexity index is 958. The Morgan fingerprint density at radius 3 is 2.52 bits per heavy atom. The number of rotatable bonds is 3. The SMILES string of the molecule is O=c1[nH]c2cccc(NS(=O)(=O)c3ccc(Br)cc3)c2o1. The van der Waals surface area contributed by atoms with Gasteiger partial charge in [0.25, 0.3) is 10.0 Å². The van der Waals surface area contributed by atoms with Crippen LogP contribution in [0.5, 0.6) is 0 Å². The monoisotopic (exact) mass is 368 g/mol. The maximum Gasteiger partial charge on any atom is 0.417 e.